The summed E-state index contributed by atoms with van der Waals surface area (Å²) in [5.41, 5.74) is 10.9. The first-order valence-electron chi connectivity index (χ1n) is 14.9. The largest absolute Gasteiger partial charge is 0.289 e. The zero-order chi connectivity index (χ0) is 27.3. The first-order valence-corrected chi connectivity index (χ1v) is 14.9. The van der Waals surface area contributed by atoms with E-state index in [1.807, 2.05) is 0 Å². The van der Waals surface area contributed by atoms with Crippen LogP contribution in [-0.4, -0.2) is 12.3 Å². The van der Waals surface area contributed by atoms with Gasteiger partial charge >= 0.3 is 0 Å². The number of nitrogens with zero attached hydrogens (tertiary/aromatic N) is 1. The smallest absolute Gasteiger partial charge is 0.0458 e. The quantitative estimate of drug-likeness (QED) is 0.274. The molecular weight excluding hydrogens is 482 g/mol. The summed E-state index contributed by atoms with van der Waals surface area (Å²) in [5.74, 6) is 1.01. The van der Waals surface area contributed by atoms with Crippen molar-refractivity contribution < 1.29 is 0 Å². The van der Waals surface area contributed by atoms with Crippen molar-refractivity contribution in [2.24, 2.45) is 16.8 Å². The third-order valence-electron chi connectivity index (χ3n) is 8.66. The number of hydrogen-bond acceptors (Lipinski definition) is 1. The van der Waals surface area contributed by atoms with Crippen LogP contribution in [0.25, 0.3) is 16.3 Å². The molecule has 6 rings (SSSR count). The summed E-state index contributed by atoms with van der Waals surface area (Å²) in [6, 6.07) is 24.2. The van der Waals surface area contributed by atoms with Crippen molar-refractivity contribution in [3.63, 3.8) is 0 Å². The molecular formula is C39H39N. The maximum Gasteiger partial charge on any atom is 0.0458 e. The molecule has 40 heavy (non-hydrogen) atoms. The number of fused-ring (bicyclic) bond motifs is 1. The Labute approximate surface area is 239 Å². The van der Waals surface area contributed by atoms with Gasteiger partial charge in [-0.3, -0.25) is 4.99 Å². The Morgan fingerprint density at radius 3 is 2.27 bits per heavy atom. The summed E-state index contributed by atoms with van der Waals surface area (Å²) < 4.78 is 0. The Morgan fingerprint density at radius 2 is 1.52 bits per heavy atom. The van der Waals surface area contributed by atoms with Gasteiger partial charge in [0, 0.05) is 18.2 Å². The number of hydrogen-bond donors (Lipinski definition) is 0. The minimum Gasteiger partial charge on any atom is -0.289 e. The van der Waals surface area contributed by atoms with Crippen molar-refractivity contribution in [3.8, 4) is 0 Å². The van der Waals surface area contributed by atoms with Gasteiger partial charge in [0.1, 0.15) is 0 Å². The Bertz CT molecular complexity index is 1620. The molecule has 3 aromatic rings. The van der Waals surface area contributed by atoms with E-state index < -0.39 is 0 Å². The summed E-state index contributed by atoms with van der Waals surface area (Å²) in [4.78, 5) is 4.96. The summed E-state index contributed by atoms with van der Waals surface area (Å²) in [5, 5.41) is 2.55. The van der Waals surface area contributed by atoms with Crippen LogP contribution in [0, 0.1) is 11.8 Å². The molecule has 3 aliphatic rings. The van der Waals surface area contributed by atoms with E-state index in [-0.39, 0.29) is 0 Å². The lowest BCUT2D eigenvalue weighted by atomic mass is 9.83. The van der Waals surface area contributed by atoms with Crippen LogP contribution in [0.5, 0.6) is 0 Å². The maximum absolute atomic E-state index is 4.96. The molecule has 0 heterocycles. The molecule has 3 aromatic carbocycles. The van der Waals surface area contributed by atoms with Gasteiger partial charge in [0.15, 0.2) is 0 Å². The molecule has 0 aliphatic heterocycles. The summed E-state index contributed by atoms with van der Waals surface area (Å²) in [7, 11) is 0. The van der Waals surface area contributed by atoms with E-state index in [2.05, 4.69) is 129 Å². The Morgan fingerprint density at radius 1 is 0.800 bits per heavy atom. The third kappa shape index (κ3) is 5.94. The van der Waals surface area contributed by atoms with Crippen LogP contribution in [0.4, 0.5) is 0 Å². The lowest BCUT2D eigenvalue weighted by Crippen LogP contribution is -2.09. The highest BCUT2D eigenvalue weighted by atomic mass is 14.7. The summed E-state index contributed by atoms with van der Waals surface area (Å²) in [6.45, 7) is 5.26. The highest BCUT2D eigenvalue weighted by Gasteiger charge is 2.17. The molecule has 2 atom stereocenters. The van der Waals surface area contributed by atoms with Gasteiger partial charge in [0.05, 0.1) is 0 Å². The van der Waals surface area contributed by atoms with E-state index in [9.17, 15) is 0 Å². The van der Waals surface area contributed by atoms with Gasteiger partial charge in [0.2, 0.25) is 0 Å². The van der Waals surface area contributed by atoms with Crippen molar-refractivity contribution in [1.29, 1.82) is 0 Å². The van der Waals surface area contributed by atoms with E-state index in [0.29, 0.717) is 11.8 Å². The zero-order valence-corrected chi connectivity index (χ0v) is 23.8. The Kier molecular flexibility index (Phi) is 7.91. The normalized spacial score (nSPS) is 21.1. The predicted octanol–water partition coefficient (Wildman–Crippen LogP) is 10.0. The minimum absolute atomic E-state index is 0.461. The van der Waals surface area contributed by atoms with Gasteiger partial charge < -0.3 is 0 Å². The number of allylic oxidation sites excluding steroid dienone is 11. The molecule has 0 radical (unpaired) electrons. The van der Waals surface area contributed by atoms with Crippen molar-refractivity contribution in [1.82, 2.24) is 0 Å². The van der Waals surface area contributed by atoms with Crippen molar-refractivity contribution in [2.45, 2.75) is 46.0 Å². The van der Waals surface area contributed by atoms with E-state index >= 15 is 0 Å². The Hall–Kier alpha value is -3.97. The van der Waals surface area contributed by atoms with Gasteiger partial charge in [0.25, 0.3) is 0 Å². The van der Waals surface area contributed by atoms with Crippen molar-refractivity contribution in [2.75, 3.05) is 6.54 Å². The van der Waals surface area contributed by atoms with E-state index in [4.69, 9.17) is 4.99 Å². The second-order valence-electron chi connectivity index (χ2n) is 11.5. The zero-order valence-electron chi connectivity index (χ0n) is 23.8. The first kappa shape index (κ1) is 26.3. The summed E-state index contributed by atoms with van der Waals surface area (Å²) in [6.07, 6.45) is 24.5. The molecule has 0 aromatic heterocycles. The van der Waals surface area contributed by atoms with Crippen molar-refractivity contribution >= 4 is 22.1 Å². The van der Waals surface area contributed by atoms with Gasteiger partial charge in [-0.1, -0.05) is 115 Å². The van der Waals surface area contributed by atoms with Crippen LogP contribution in [0.1, 0.15) is 56.2 Å². The average Bonchev–Trinajstić information content (AvgIpc) is 3.01. The molecule has 200 valence electrons. The third-order valence-corrected chi connectivity index (χ3v) is 8.66. The minimum atomic E-state index is 0.461. The SMILES string of the molecule is CC(=NCC1C=CC(C2=CCC(Cc3ccccc3C3=C(C)CCC=C3)C=C2)=CC1)c1ccc2ccccc2c1. The standard InChI is InChI=1S/C39H39N/c1-28-9-3-7-13-38(28)39-14-8-6-12-37(39)25-30-15-19-33(20-16-30)34-21-17-31(18-22-34)27-40-29(2)35-24-23-32-10-4-5-11-36(32)26-35/h4-8,10-15,17,19-24,26,30-31H,3,9,16,18,25,27H2,1-2H3. The maximum atomic E-state index is 4.96. The van der Waals surface area contributed by atoms with Gasteiger partial charge in [-0.15, -0.1) is 0 Å². The van der Waals surface area contributed by atoms with Crippen LogP contribution < -0.4 is 0 Å². The lowest BCUT2D eigenvalue weighted by Gasteiger charge is -2.22. The highest BCUT2D eigenvalue weighted by Crippen LogP contribution is 2.33. The van der Waals surface area contributed by atoms with Crippen LogP contribution in [0.2, 0.25) is 0 Å². The fraction of sp³-hybridized carbons (Fsp3) is 0.256. The Balaban J connectivity index is 1.05. The highest BCUT2D eigenvalue weighted by molar-refractivity contribution is 6.02. The fourth-order valence-corrected chi connectivity index (χ4v) is 6.15. The summed E-state index contributed by atoms with van der Waals surface area (Å²) >= 11 is 0. The van der Waals surface area contributed by atoms with Gasteiger partial charge in [-0.2, -0.15) is 0 Å². The van der Waals surface area contributed by atoms with Gasteiger partial charge in [-0.25, -0.2) is 0 Å². The molecule has 0 N–H and O–H groups in total. The second kappa shape index (κ2) is 12.0. The monoisotopic (exact) mass is 521 g/mol. The van der Waals surface area contributed by atoms with Gasteiger partial charge in [-0.05, 0) is 102 Å². The number of rotatable bonds is 7. The molecule has 1 nitrogen and oxygen atoms in total. The van der Waals surface area contributed by atoms with Crippen LogP contribution in [0.15, 0.2) is 137 Å². The molecule has 3 aliphatic carbocycles. The lowest BCUT2D eigenvalue weighted by molar-refractivity contribution is 0.647. The molecule has 0 saturated carbocycles. The molecule has 1 heteroatoms. The van der Waals surface area contributed by atoms with E-state index in [1.54, 1.807) is 0 Å². The van der Waals surface area contributed by atoms with Crippen LogP contribution >= 0.6 is 0 Å². The molecule has 0 bridgehead atoms. The molecule has 0 fully saturated rings. The fourth-order valence-electron chi connectivity index (χ4n) is 6.15. The average molecular weight is 522 g/mol. The number of aliphatic imine (C=N–C) groups is 1. The molecule has 0 saturated heterocycles. The topological polar surface area (TPSA) is 12.4 Å². The number of benzene rings is 3. The predicted molar refractivity (Wildman–Crippen MR) is 173 cm³/mol. The molecule has 0 spiro atoms. The molecule has 2 unspecified atom stereocenters. The van der Waals surface area contributed by atoms with Crippen LogP contribution in [0.3, 0.4) is 0 Å². The molecule has 0 amide bonds. The van der Waals surface area contributed by atoms with Crippen molar-refractivity contribution in [3.05, 3.63) is 149 Å². The van der Waals surface area contributed by atoms with Crippen LogP contribution in [-0.2, 0) is 6.42 Å². The second-order valence-corrected chi connectivity index (χ2v) is 11.5. The first-order chi connectivity index (χ1) is 19.6. The van der Waals surface area contributed by atoms with E-state index in [0.717, 1.165) is 31.5 Å². The van der Waals surface area contributed by atoms with E-state index in [1.165, 1.54) is 62.6 Å².